The molecule has 1 spiro atoms. The van der Waals surface area contributed by atoms with Crippen LogP contribution in [0.15, 0.2) is 170 Å². The van der Waals surface area contributed by atoms with Crippen molar-refractivity contribution in [3.63, 3.8) is 0 Å². The molecule has 0 unspecified atom stereocenters. The van der Waals surface area contributed by atoms with Crippen LogP contribution < -0.4 is 4.90 Å². The number of anilines is 3. The molecule has 220 valence electrons. The second-order valence-electron chi connectivity index (χ2n) is 12.6. The summed E-state index contributed by atoms with van der Waals surface area (Å²) in [4.78, 5) is 2.01. The van der Waals surface area contributed by atoms with Gasteiger partial charge >= 0.3 is 0 Å². The fraction of sp³-hybridized carbons (Fsp3) is 0.0222. The van der Waals surface area contributed by atoms with Crippen LogP contribution in [0.5, 0.6) is 0 Å². The Balaban J connectivity index is 1.31. The molecule has 0 saturated carbocycles. The Hall–Kier alpha value is -5.99. The summed E-state index contributed by atoms with van der Waals surface area (Å²) in [5.41, 5.74) is 12.3. The van der Waals surface area contributed by atoms with Gasteiger partial charge in [0.1, 0.15) is 5.82 Å². The molecule has 2 aliphatic rings. The van der Waals surface area contributed by atoms with E-state index in [1.165, 1.54) is 66.7 Å². The van der Waals surface area contributed by atoms with Crippen LogP contribution in [0.1, 0.15) is 22.3 Å². The first-order chi connectivity index (χ1) is 23.2. The molecule has 10 rings (SSSR count). The number of benzene rings is 8. The Morgan fingerprint density at radius 3 is 1.87 bits per heavy atom. The van der Waals surface area contributed by atoms with Gasteiger partial charge in [0.25, 0.3) is 0 Å². The monoisotopic (exact) mass is 601 g/mol. The van der Waals surface area contributed by atoms with Crippen molar-refractivity contribution >= 4 is 38.6 Å². The molecule has 0 radical (unpaired) electrons. The van der Waals surface area contributed by atoms with Crippen molar-refractivity contribution in [3.8, 4) is 22.3 Å². The molecule has 0 fully saturated rings. The lowest BCUT2D eigenvalue weighted by atomic mass is 9.69. The Morgan fingerprint density at radius 2 is 1.09 bits per heavy atom. The van der Waals surface area contributed by atoms with Crippen molar-refractivity contribution < 1.29 is 4.39 Å². The van der Waals surface area contributed by atoms with Gasteiger partial charge < -0.3 is 4.90 Å². The minimum atomic E-state index is -0.465. The van der Waals surface area contributed by atoms with E-state index < -0.39 is 5.41 Å². The maximum Gasteiger partial charge on any atom is 0.147 e. The number of hydrogen-bond acceptors (Lipinski definition) is 1. The number of hydrogen-bond donors (Lipinski definition) is 0. The number of rotatable bonds is 3. The zero-order valence-electron chi connectivity index (χ0n) is 25.5. The third-order valence-corrected chi connectivity index (χ3v) is 10.3. The normalized spacial score (nSPS) is 13.4. The molecule has 0 N–H and O–H groups in total. The number of fused-ring (bicyclic) bond motifs is 14. The van der Waals surface area contributed by atoms with E-state index in [9.17, 15) is 0 Å². The second kappa shape index (κ2) is 9.75. The fourth-order valence-corrected chi connectivity index (χ4v) is 8.51. The van der Waals surface area contributed by atoms with Crippen LogP contribution in [-0.2, 0) is 5.41 Å². The molecule has 2 heteroatoms. The lowest BCUT2D eigenvalue weighted by molar-refractivity contribution is 0.629. The van der Waals surface area contributed by atoms with E-state index in [-0.39, 0.29) is 5.82 Å². The highest BCUT2D eigenvalue weighted by atomic mass is 19.1. The van der Waals surface area contributed by atoms with Gasteiger partial charge in [0.15, 0.2) is 0 Å². The Labute approximate surface area is 272 Å². The van der Waals surface area contributed by atoms with Gasteiger partial charge in [0, 0.05) is 11.4 Å². The van der Waals surface area contributed by atoms with Gasteiger partial charge in [-0.2, -0.15) is 0 Å². The van der Waals surface area contributed by atoms with Crippen LogP contribution in [0, 0.1) is 5.82 Å². The van der Waals surface area contributed by atoms with E-state index in [0.29, 0.717) is 5.69 Å². The lowest BCUT2D eigenvalue weighted by Gasteiger charge is -2.32. The maximum absolute atomic E-state index is 15.4. The van der Waals surface area contributed by atoms with Crippen LogP contribution in [0.3, 0.4) is 0 Å². The molecule has 2 aliphatic carbocycles. The zero-order chi connectivity index (χ0) is 31.1. The van der Waals surface area contributed by atoms with Crippen LogP contribution in [0.4, 0.5) is 21.5 Å². The topological polar surface area (TPSA) is 3.24 Å². The van der Waals surface area contributed by atoms with Gasteiger partial charge in [-0.15, -0.1) is 0 Å². The molecule has 8 aromatic carbocycles. The molecule has 8 aromatic rings. The van der Waals surface area contributed by atoms with E-state index in [1.54, 1.807) is 6.07 Å². The molecule has 47 heavy (non-hydrogen) atoms. The maximum atomic E-state index is 15.4. The van der Waals surface area contributed by atoms with Crippen LogP contribution in [-0.4, -0.2) is 0 Å². The summed E-state index contributed by atoms with van der Waals surface area (Å²) in [6, 6.07) is 59.5. The molecular weight excluding hydrogens is 574 g/mol. The molecule has 0 bridgehead atoms. The van der Waals surface area contributed by atoms with Crippen molar-refractivity contribution in [2.24, 2.45) is 0 Å². The van der Waals surface area contributed by atoms with Crippen LogP contribution >= 0.6 is 0 Å². The first-order valence-corrected chi connectivity index (χ1v) is 16.1. The molecule has 0 saturated heterocycles. The molecule has 0 heterocycles. The average Bonchev–Trinajstić information content (AvgIpc) is 3.61. The largest absolute Gasteiger partial charge is 0.308 e. The van der Waals surface area contributed by atoms with Crippen molar-refractivity contribution in [2.75, 3.05) is 4.90 Å². The minimum absolute atomic E-state index is 0.258. The van der Waals surface area contributed by atoms with Gasteiger partial charge in [-0.25, -0.2) is 4.39 Å². The van der Waals surface area contributed by atoms with Crippen molar-refractivity contribution in [1.29, 1.82) is 0 Å². The first kappa shape index (κ1) is 26.2. The molecule has 0 aliphatic heterocycles. The molecule has 1 nitrogen and oxygen atoms in total. The highest BCUT2D eigenvalue weighted by Gasteiger charge is 2.52. The van der Waals surface area contributed by atoms with E-state index in [0.717, 1.165) is 16.8 Å². The Morgan fingerprint density at radius 1 is 0.426 bits per heavy atom. The third-order valence-electron chi connectivity index (χ3n) is 10.3. The summed E-state index contributed by atoms with van der Waals surface area (Å²) in [7, 11) is 0. The summed E-state index contributed by atoms with van der Waals surface area (Å²) < 4.78 is 15.4. The fourth-order valence-electron chi connectivity index (χ4n) is 8.51. The predicted octanol–water partition coefficient (Wildman–Crippen LogP) is 11.9. The van der Waals surface area contributed by atoms with Crippen LogP contribution in [0.25, 0.3) is 43.8 Å². The molecule has 0 atom stereocenters. The summed E-state index contributed by atoms with van der Waals surface area (Å²) in [5.74, 6) is -0.258. The lowest BCUT2D eigenvalue weighted by Crippen LogP contribution is -2.26. The quantitative estimate of drug-likeness (QED) is 0.195. The van der Waals surface area contributed by atoms with E-state index >= 15 is 4.39 Å². The summed E-state index contributed by atoms with van der Waals surface area (Å²) in [6.07, 6.45) is 0. The third kappa shape index (κ3) is 3.47. The SMILES string of the molecule is Fc1ccccc1N(c1ccccc1)c1ccc2c3c(ccc2c1)-c1c(ccc2ccccc12)C31c2ccccc2-c2ccccc21. The molecule has 0 aromatic heterocycles. The van der Waals surface area contributed by atoms with Crippen molar-refractivity contribution in [2.45, 2.75) is 5.41 Å². The number of para-hydroxylation sites is 2. The van der Waals surface area contributed by atoms with Gasteiger partial charge in [-0.1, -0.05) is 133 Å². The van der Waals surface area contributed by atoms with Gasteiger partial charge in [0.05, 0.1) is 11.1 Å². The smallest absolute Gasteiger partial charge is 0.147 e. The van der Waals surface area contributed by atoms with E-state index in [2.05, 4.69) is 115 Å². The van der Waals surface area contributed by atoms with Crippen molar-refractivity contribution in [1.82, 2.24) is 0 Å². The molecule has 0 amide bonds. The highest BCUT2D eigenvalue weighted by Crippen LogP contribution is 2.65. The van der Waals surface area contributed by atoms with Crippen LogP contribution in [0.2, 0.25) is 0 Å². The Bertz CT molecular complexity index is 2500. The average molecular weight is 602 g/mol. The van der Waals surface area contributed by atoms with Gasteiger partial charge in [0.2, 0.25) is 0 Å². The standard InChI is InChI=1S/C45H28FN/c46-41-20-10-11-21-42(41)47(31-13-2-1-3-14-31)32-24-26-34-30(28-32)22-25-37-43-33-15-5-4-12-29(33)23-27-40(43)45(44(34)37)38-18-8-6-16-35(38)36-17-7-9-19-39(36)45/h1-28H. The van der Waals surface area contributed by atoms with E-state index in [4.69, 9.17) is 0 Å². The minimum Gasteiger partial charge on any atom is -0.308 e. The van der Waals surface area contributed by atoms with Gasteiger partial charge in [-0.3, -0.25) is 0 Å². The summed E-state index contributed by atoms with van der Waals surface area (Å²) in [5, 5.41) is 4.85. The predicted molar refractivity (Wildman–Crippen MR) is 192 cm³/mol. The van der Waals surface area contributed by atoms with Gasteiger partial charge in [-0.05, 0) is 102 Å². The molecular formula is C45H28FN. The highest BCUT2D eigenvalue weighted by molar-refractivity contribution is 6.11. The van der Waals surface area contributed by atoms with Crippen molar-refractivity contribution in [3.05, 3.63) is 198 Å². The van der Waals surface area contributed by atoms with E-state index in [1.807, 2.05) is 47.4 Å². The number of nitrogens with zero attached hydrogens (tertiary/aromatic N) is 1. The summed E-state index contributed by atoms with van der Waals surface area (Å²) in [6.45, 7) is 0. The summed E-state index contributed by atoms with van der Waals surface area (Å²) >= 11 is 0. The number of halogens is 1. The first-order valence-electron chi connectivity index (χ1n) is 16.1. The zero-order valence-corrected chi connectivity index (χ0v) is 25.5. The Kier molecular flexibility index (Phi) is 5.45. The second-order valence-corrected chi connectivity index (χ2v) is 12.6.